The van der Waals surface area contributed by atoms with Crippen molar-refractivity contribution < 1.29 is 8.85 Å². The molecule has 3 saturated carbocycles. The van der Waals surface area contributed by atoms with Crippen molar-refractivity contribution in [3.63, 3.8) is 0 Å². The molecular weight excluding hydrogens is 388 g/mol. The van der Waals surface area contributed by atoms with Crippen molar-refractivity contribution in [2.75, 3.05) is 0 Å². The summed E-state index contributed by atoms with van der Waals surface area (Å²) in [4.78, 5) is 0. The topological polar surface area (TPSA) is 18.5 Å². The first-order valence-electron chi connectivity index (χ1n) is 12.4. The molecule has 0 heterocycles. The fourth-order valence-corrected chi connectivity index (χ4v) is 10.0. The largest absolute Gasteiger partial charge is 0.547 e. The van der Waals surface area contributed by atoms with Gasteiger partial charge in [-0.2, -0.15) is 0 Å². The van der Waals surface area contributed by atoms with E-state index in [0.29, 0.717) is 16.9 Å². The zero-order valence-electron chi connectivity index (χ0n) is 20.4. The Morgan fingerprint density at radius 1 is 0.862 bits per heavy atom. The van der Waals surface area contributed by atoms with E-state index in [4.69, 9.17) is 8.85 Å². The van der Waals surface area contributed by atoms with Crippen LogP contribution in [0.1, 0.15) is 65.2 Å². The molecule has 29 heavy (non-hydrogen) atoms. The van der Waals surface area contributed by atoms with Crippen LogP contribution in [-0.4, -0.2) is 22.7 Å². The van der Waals surface area contributed by atoms with Gasteiger partial charge in [-0.3, -0.25) is 0 Å². The fraction of sp³-hybridized carbons (Fsp3) is 0.920. The molecule has 0 amide bonds. The van der Waals surface area contributed by atoms with E-state index in [1.54, 1.807) is 0 Å². The number of hydrogen-bond donors (Lipinski definition) is 0. The van der Waals surface area contributed by atoms with Gasteiger partial charge in [-0.1, -0.05) is 13.8 Å². The molecule has 2 unspecified atom stereocenters. The number of rotatable bonds is 4. The van der Waals surface area contributed by atoms with Gasteiger partial charge in [-0.05, 0) is 126 Å². The molecule has 0 aliphatic heterocycles. The lowest BCUT2D eigenvalue weighted by atomic mass is 9.45. The van der Waals surface area contributed by atoms with Crippen LogP contribution in [0.2, 0.25) is 39.3 Å². The Balaban J connectivity index is 1.49. The number of allylic oxidation sites excluding steroid dienone is 2. The number of fused-ring (bicyclic) bond motifs is 5. The lowest BCUT2D eigenvalue weighted by Gasteiger charge is -2.61. The van der Waals surface area contributed by atoms with Crippen LogP contribution >= 0.6 is 0 Å². The third-order valence-corrected chi connectivity index (χ3v) is 10.9. The first kappa shape index (κ1) is 22.1. The molecule has 4 aliphatic carbocycles. The van der Waals surface area contributed by atoms with E-state index in [2.05, 4.69) is 59.2 Å². The minimum Gasteiger partial charge on any atom is -0.547 e. The summed E-state index contributed by atoms with van der Waals surface area (Å²) in [6.07, 6.45) is 13.9. The molecule has 0 saturated heterocycles. The Morgan fingerprint density at radius 3 is 2.24 bits per heavy atom. The minimum absolute atomic E-state index is 0.308. The molecule has 0 aromatic heterocycles. The predicted octanol–water partition coefficient (Wildman–Crippen LogP) is 7.59. The van der Waals surface area contributed by atoms with Crippen molar-refractivity contribution in [3.05, 3.63) is 11.8 Å². The minimum atomic E-state index is -1.54. The zero-order valence-corrected chi connectivity index (χ0v) is 22.4. The maximum absolute atomic E-state index is 6.63. The highest BCUT2D eigenvalue weighted by Gasteiger charge is 2.59. The Kier molecular flexibility index (Phi) is 5.52. The van der Waals surface area contributed by atoms with Crippen LogP contribution < -0.4 is 0 Å². The molecule has 0 bridgehead atoms. The van der Waals surface area contributed by atoms with Gasteiger partial charge in [0.15, 0.2) is 8.32 Å². The maximum Gasteiger partial charge on any atom is 0.241 e. The molecule has 7 atom stereocenters. The first-order chi connectivity index (χ1) is 13.3. The summed E-state index contributed by atoms with van der Waals surface area (Å²) in [5.74, 6) is 4.91. The highest BCUT2D eigenvalue weighted by atomic mass is 28.4. The van der Waals surface area contributed by atoms with Gasteiger partial charge in [0.25, 0.3) is 0 Å². The lowest BCUT2D eigenvalue weighted by molar-refractivity contribution is -0.119. The summed E-state index contributed by atoms with van der Waals surface area (Å²) in [5.41, 5.74) is 0.856. The smallest absolute Gasteiger partial charge is 0.241 e. The van der Waals surface area contributed by atoms with Gasteiger partial charge in [0.05, 0.1) is 5.76 Å². The van der Waals surface area contributed by atoms with Gasteiger partial charge >= 0.3 is 0 Å². The molecule has 4 rings (SSSR count). The monoisotopic (exact) mass is 434 g/mol. The van der Waals surface area contributed by atoms with Crippen molar-refractivity contribution in [2.24, 2.45) is 34.5 Å². The van der Waals surface area contributed by atoms with Crippen LogP contribution in [0.5, 0.6) is 0 Å². The third kappa shape index (κ3) is 4.07. The summed E-state index contributed by atoms with van der Waals surface area (Å²) in [6.45, 7) is 19.3. The lowest BCUT2D eigenvalue weighted by Crippen LogP contribution is -2.54. The Hall–Kier alpha value is -0.0662. The van der Waals surface area contributed by atoms with Gasteiger partial charge in [0.1, 0.15) is 0 Å². The first-order valence-corrected chi connectivity index (χ1v) is 19.2. The summed E-state index contributed by atoms with van der Waals surface area (Å²) < 4.78 is 13.2. The summed E-state index contributed by atoms with van der Waals surface area (Å²) in [5, 5.41) is 0. The van der Waals surface area contributed by atoms with Gasteiger partial charge in [0.2, 0.25) is 8.32 Å². The normalized spacial score (nSPS) is 45.1. The second-order valence-corrected chi connectivity index (χ2v) is 22.1. The van der Waals surface area contributed by atoms with E-state index in [-0.39, 0.29) is 0 Å². The second kappa shape index (κ2) is 7.23. The molecule has 4 heteroatoms. The summed E-state index contributed by atoms with van der Waals surface area (Å²) in [6, 6.07) is 0. The molecule has 0 radical (unpaired) electrons. The Bertz CT molecular complexity index is 661. The highest BCUT2D eigenvalue weighted by molar-refractivity contribution is 6.70. The molecule has 4 aliphatic rings. The van der Waals surface area contributed by atoms with Gasteiger partial charge in [-0.15, -0.1) is 0 Å². The average Bonchev–Trinajstić information content (AvgIpc) is 2.89. The van der Waals surface area contributed by atoms with Gasteiger partial charge in [0, 0.05) is 11.5 Å². The maximum atomic E-state index is 6.63. The van der Waals surface area contributed by atoms with Crippen LogP contribution in [0.4, 0.5) is 0 Å². The van der Waals surface area contributed by atoms with Crippen LogP contribution in [0.15, 0.2) is 11.8 Å². The summed E-state index contributed by atoms with van der Waals surface area (Å²) in [7, 11) is -2.97. The third-order valence-electron chi connectivity index (χ3n) is 9.06. The van der Waals surface area contributed by atoms with Crippen molar-refractivity contribution in [2.45, 2.75) is 111 Å². The standard InChI is InChI=1S/C25H46O2Si2/c1-24-15-13-19(26-28(3,4)5)17-18(24)9-10-20-21-11-12-23(27-29(6,7)8)25(21,2)16-14-22(20)24/h12,18-22H,9-11,13-17H2,1-8H3/t18?,19?,20-,21-,22-,24-,25-/m0/s1. The average molecular weight is 435 g/mol. The van der Waals surface area contributed by atoms with E-state index >= 15 is 0 Å². The molecule has 0 N–H and O–H groups in total. The van der Waals surface area contributed by atoms with Crippen LogP contribution in [0, 0.1) is 34.5 Å². The van der Waals surface area contributed by atoms with Crippen LogP contribution in [-0.2, 0) is 8.85 Å². The van der Waals surface area contributed by atoms with E-state index in [1.165, 1.54) is 57.1 Å². The zero-order chi connectivity index (χ0) is 21.2. The SMILES string of the molecule is C[C@]12CCC(O[Si](C)(C)C)CC1CC[C@@H]1[C@@H]2CC[C@]2(C)C(O[Si](C)(C)C)=CC[C@@H]12. The molecule has 0 spiro atoms. The molecule has 3 fully saturated rings. The van der Waals surface area contributed by atoms with Crippen LogP contribution in [0.25, 0.3) is 0 Å². The Morgan fingerprint density at radius 2 is 1.59 bits per heavy atom. The second-order valence-electron chi connectivity index (χ2n) is 13.3. The quantitative estimate of drug-likeness (QED) is 0.424. The van der Waals surface area contributed by atoms with Gasteiger partial charge in [-0.25, -0.2) is 0 Å². The van der Waals surface area contributed by atoms with Crippen molar-refractivity contribution in [1.29, 1.82) is 0 Å². The highest BCUT2D eigenvalue weighted by Crippen LogP contribution is 2.66. The van der Waals surface area contributed by atoms with Crippen molar-refractivity contribution >= 4 is 16.6 Å². The number of hydrogen-bond acceptors (Lipinski definition) is 2. The Labute approximate surface area is 182 Å². The van der Waals surface area contributed by atoms with Crippen molar-refractivity contribution in [3.8, 4) is 0 Å². The van der Waals surface area contributed by atoms with E-state index in [9.17, 15) is 0 Å². The molecule has 0 aromatic carbocycles. The van der Waals surface area contributed by atoms with Crippen molar-refractivity contribution in [1.82, 2.24) is 0 Å². The van der Waals surface area contributed by atoms with E-state index in [0.717, 1.165) is 23.7 Å². The predicted molar refractivity (Wildman–Crippen MR) is 128 cm³/mol. The van der Waals surface area contributed by atoms with E-state index in [1.807, 2.05) is 0 Å². The molecule has 0 aromatic rings. The molecule has 2 nitrogen and oxygen atoms in total. The fourth-order valence-electron chi connectivity index (χ4n) is 7.84. The molecular formula is C25H46O2Si2. The van der Waals surface area contributed by atoms with Crippen LogP contribution in [0.3, 0.4) is 0 Å². The molecule has 166 valence electrons. The summed E-state index contributed by atoms with van der Waals surface area (Å²) >= 11 is 0. The van der Waals surface area contributed by atoms with E-state index < -0.39 is 16.6 Å². The van der Waals surface area contributed by atoms with Gasteiger partial charge < -0.3 is 8.85 Å².